The first kappa shape index (κ1) is 12.1. The number of hydrogen-bond acceptors (Lipinski definition) is 3. The van der Waals surface area contributed by atoms with Crippen molar-refractivity contribution in [2.75, 3.05) is 13.2 Å². The van der Waals surface area contributed by atoms with Gasteiger partial charge < -0.3 is 15.6 Å². The number of carboxylic acid groups (broad SMARTS) is 1. The van der Waals surface area contributed by atoms with Crippen LogP contribution in [0.3, 0.4) is 0 Å². The minimum atomic E-state index is -0.889. The molecule has 1 aromatic rings. The smallest absolute Gasteiger partial charge is 0.311 e. The first-order valence-electron chi connectivity index (χ1n) is 5.76. The van der Waals surface area contributed by atoms with Gasteiger partial charge in [-0.25, -0.2) is 0 Å². The maximum absolute atomic E-state index is 11.6. The topological polar surface area (TPSA) is 72.5 Å². The van der Waals surface area contributed by atoms with Crippen molar-refractivity contribution in [3.8, 4) is 0 Å². The Morgan fingerprint density at radius 2 is 2.18 bits per heavy atom. The second kappa shape index (κ2) is 4.85. The Bertz CT molecular complexity index is 393. The molecule has 92 valence electrons. The maximum Gasteiger partial charge on any atom is 0.311 e. The Kier molecular flexibility index (Phi) is 3.45. The van der Waals surface area contributed by atoms with E-state index in [1.54, 1.807) is 0 Å². The molecule has 1 aromatic carbocycles. The SMILES string of the molecule is NC1COCCC1(Cc1ccccc1)C(=O)O. The molecule has 2 rings (SSSR count). The molecular formula is C13H17NO3. The van der Waals surface area contributed by atoms with Crippen LogP contribution in [0.2, 0.25) is 0 Å². The highest BCUT2D eigenvalue weighted by Gasteiger charge is 2.46. The van der Waals surface area contributed by atoms with Gasteiger partial charge in [0.15, 0.2) is 0 Å². The molecule has 1 saturated heterocycles. The summed E-state index contributed by atoms with van der Waals surface area (Å²) in [4.78, 5) is 11.6. The molecule has 0 saturated carbocycles. The predicted molar refractivity (Wildman–Crippen MR) is 63.6 cm³/mol. The molecule has 0 bridgehead atoms. The summed E-state index contributed by atoms with van der Waals surface area (Å²) >= 11 is 0. The van der Waals surface area contributed by atoms with Crippen LogP contribution in [0.4, 0.5) is 0 Å². The summed E-state index contributed by atoms with van der Waals surface area (Å²) in [5, 5.41) is 9.48. The van der Waals surface area contributed by atoms with Gasteiger partial charge in [-0.2, -0.15) is 0 Å². The maximum atomic E-state index is 11.6. The highest BCUT2D eigenvalue weighted by molar-refractivity contribution is 5.76. The van der Waals surface area contributed by atoms with Gasteiger partial charge in [-0.15, -0.1) is 0 Å². The average Bonchev–Trinajstić information content (AvgIpc) is 2.33. The van der Waals surface area contributed by atoms with Crippen LogP contribution in [0.5, 0.6) is 0 Å². The lowest BCUT2D eigenvalue weighted by atomic mass is 9.72. The van der Waals surface area contributed by atoms with Gasteiger partial charge in [-0.05, 0) is 18.4 Å². The molecule has 0 aromatic heterocycles. The number of carbonyl (C=O) groups is 1. The van der Waals surface area contributed by atoms with Crippen LogP contribution in [0.25, 0.3) is 0 Å². The van der Waals surface area contributed by atoms with E-state index in [9.17, 15) is 9.90 Å². The monoisotopic (exact) mass is 235 g/mol. The Balaban J connectivity index is 2.25. The third kappa shape index (κ3) is 2.33. The molecule has 0 aliphatic carbocycles. The zero-order chi connectivity index (χ0) is 12.3. The van der Waals surface area contributed by atoms with Gasteiger partial charge in [-0.3, -0.25) is 4.79 Å². The number of carboxylic acids is 1. The van der Waals surface area contributed by atoms with Crippen molar-refractivity contribution < 1.29 is 14.6 Å². The summed E-state index contributed by atoms with van der Waals surface area (Å²) in [6, 6.07) is 9.17. The zero-order valence-electron chi connectivity index (χ0n) is 9.63. The van der Waals surface area contributed by atoms with E-state index in [4.69, 9.17) is 10.5 Å². The van der Waals surface area contributed by atoms with Crippen LogP contribution in [-0.4, -0.2) is 30.3 Å². The normalized spacial score (nSPS) is 28.9. The Morgan fingerprint density at radius 3 is 2.76 bits per heavy atom. The van der Waals surface area contributed by atoms with Gasteiger partial charge in [0.05, 0.1) is 12.0 Å². The highest BCUT2D eigenvalue weighted by atomic mass is 16.5. The molecule has 1 aliphatic rings. The van der Waals surface area contributed by atoms with Crippen molar-refractivity contribution in [3.05, 3.63) is 35.9 Å². The van der Waals surface area contributed by atoms with Crippen LogP contribution in [0.1, 0.15) is 12.0 Å². The van der Waals surface area contributed by atoms with Crippen molar-refractivity contribution in [2.45, 2.75) is 18.9 Å². The third-order valence-corrected chi connectivity index (χ3v) is 3.49. The quantitative estimate of drug-likeness (QED) is 0.821. The Morgan fingerprint density at radius 1 is 1.47 bits per heavy atom. The number of benzene rings is 1. The first-order valence-corrected chi connectivity index (χ1v) is 5.76. The Labute approximate surface area is 100 Å². The molecule has 2 unspecified atom stereocenters. The average molecular weight is 235 g/mol. The lowest BCUT2D eigenvalue weighted by molar-refractivity contribution is -0.156. The van der Waals surface area contributed by atoms with E-state index < -0.39 is 17.4 Å². The third-order valence-electron chi connectivity index (χ3n) is 3.49. The van der Waals surface area contributed by atoms with Gasteiger partial charge in [0.1, 0.15) is 0 Å². The summed E-state index contributed by atoms with van der Waals surface area (Å²) in [5.74, 6) is -0.822. The predicted octanol–water partition coefficient (Wildman–Crippen LogP) is 1.05. The zero-order valence-corrected chi connectivity index (χ0v) is 9.63. The van der Waals surface area contributed by atoms with Crippen LogP contribution in [-0.2, 0) is 16.0 Å². The van der Waals surface area contributed by atoms with Crippen molar-refractivity contribution in [3.63, 3.8) is 0 Å². The lowest BCUT2D eigenvalue weighted by Gasteiger charge is -2.38. The van der Waals surface area contributed by atoms with E-state index in [1.807, 2.05) is 30.3 Å². The summed E-state index contributed by atoms with van der Waals surface area (Å²) < 4.78 is 5.24. The van der Waals surface area contributed by atoms with Gasteiger partial charge in [-0.1, -0.05) is 30.3 Å². The van der Waals surface area contributed by atoms with Crippen molar-refractivity contribution in [1.29, 1.82) is 0 Å². The van der Waals surface area contributed by atoms with Gasteiger partial charge >= 0.3 is 5.97 Å². The molecule has 17 heavy (non-hydrogen) atoms. The molecule has 1 aliphatic heterocycles. The molecule has 0 radical (unpaired) electrons. The fourth-order valence-corrected chi connectivity index (χ4v) is 2.33. The van der Waals surface area contributed by atoms with Gasteiger partial charge in [0.25, 0.3) is 0 Å². The van der Waals surface area contributed by atoms with E-state index in [2.05, 4.69) is 0 Å². The Hall–Kier alpha value is -1.39. The molecule has 4 nitrogen and oxygen atoms in total. The van der Waals surface area contributed by atoms with E-state index in [1.165, 1.54) is 0 Å². The molecule has 3 N–H and O–H groups in total. The molecule has 0 spiro atoms. The van der Waals surface area contributed by atoms with Crippen LogP contribution in [0, 0.1) is 5.41 Å². The van der Waals surface area contributed by atoms with Gasteiger partial charge in [0.2, 0.25) is 0 Å². The number of ether oxygens (including phenoxy) is 1. The summed E-state index contributed by atoms with van der Waals surface area (Å²) in [6.07, 6.45) is 0.937. The van der Waals surface area contributed by atoms with Gasteiger partial charge in [0, 0.05) is 12.6 Å². The van der Waals surface area contributed by atoms with E-state index in [0.29, 0.717) is 26.1 Å². The molecule has 4 heteroatoms. The summed E-state index contributed by atoms with van der Waals surface area (Å²) in [5.41, 5.74) is 6.07. The standard InChI is InChI=1S/C13H17NO3/c14-11-9-17-7-6-13(11,12(15)16)8-10-4-2-1-3-5-10/h1-5,11H,6-9,14H2,(H,15,16). The van der Waals surface area contributed by atoms with Crippen molar-refractivity contribution >= 4 is 5.97 Å². The first-order chi connectivity index (χ1) is 8.15. The fourth-order valence-electron chi connectivity index (χ4n) is 2.33. The number of nitrogens with two attached hydrogens (primary N) is 1. The largest absolute Gasteiger partial charge is 0.481 e. The van der Waals surface area contributed by atoms with E-state index >= 15 is 0 Å². The molecule has 0 amide bonds. The molecule has 2 atom stereocenters. The minimum absolute atomic E-state index is 0.319. The number of rotatable bonds is 3. The molecule has 1 fully saturated rings. The summed E-state index contributed by atoms with van der Waals surface area (Å²) in [7, 11) is 0. The fraction of sp³-hybridized carbons (Fsp3) is 0.462. The number of hydrogen-bond donors (Lipinski definition) is 2. The molecular weight excluding hydrogens is 218 g/mol. The minimum Gasteiger partial charge on any atom is -0.481 e. The second-order valence-electron chi connectivity index (χ2n) is 4.56. The van der Waals surface area contributed by atoms with Crippen LogP contribution < -0.4 is 5.73 Å². The van der Waals surface area contributed by atoms with Crippen LogP contribution in [0.15, 0.2) is 30.3 Å². The number of aliphatic carboxylic acids is 1. The lowest BCUT2D eigenvalue weighted by Crippen LogP contribution is -2.55. The molecule has 1 heterocycles. The van der Waals surface area contributed by atoms with Crippen LogP contribution >= 0.6 is 0 Å². The highest BCUT2D eigenvalue weighted by Crippen LogP contribution is 2.34. The van der Waals surface area contributed by atoms with Crippen molar-refractivity contribution in [1.82, 2.24) is 0 Å². The van der Waals surface area contributed by atoms with E-state index in [-0.39, 0.29) is 0 Å². The second-order valence-corrected chi connectivity index (χ2v) is 4.56. The van der Waals surface area contributed by atoms with E-state index in [0.717, 1.165) is 5.56 Å². The summed E-state index contributed by atoms with van der Waals surface area (Å²) in [6.45, 7) is 0.784. The van der Waals surface area contributed by atoms with Crippen molar-refractivity contribution in [2.24, 2.45) is 11.1 Å².